The van der Waals surface area contributed by atoms with Gasteiger partial charge in [-0.3, -0.25) is 14.4 Å². The molecule has 3 aromatic rings. The number of likely N-dealkylation sites (N-methyl/N-ethyl adjacent to an activating group) is 1. The number of hydrogen-bond acceptors (Lipinski definition) is 4. The lowest BCUT2D eigenvalue weighted by atomic mass is 9.92. The molecule has 6 heteroatoms. The zero-order chi connectivity index (χ0) is 28.7. The zero-order valence-corrected chi connectivity index (χ0v) is 24.5. The highest BCUT2D eigenvalue weighted by molar-refractivity contribution is 5.83. The molecule has 1 N–H and O–H groups in total. The first-order valence-corrected chi connectivity index (χ1v) is 13.8. The average molecular weight is 530 g/mol. The van der Waals surface area contributed by atoms with Crippen LogP contribution in [0.1, 0.15) is 68.0 Å². The SMILES string of the molecule is CC(=O)C[C@H](NC(=O)C(CC(C)C)n1cc(CCN(C)C)ccc1=O)c1cccc(-c2c(C)cccc2C)c1. The second-order valence-corrected chi connectivity index (χ2v) is 11.3. The van der Waals surface area contributed by atoms with Crippen molar-refractivity contribution in [1.82, 2.24) is 14.8 Å². The Morgan fingerprint density at radius 2 is 1.64 bits per heavy atom. The molecule has 3 rings (SSSR count). The Labute approximate surface area is 233 Å². The number of hydrogen-bond donors (Lipinski definition) is 1. The molecule has 0 radical (unpaired) electrons. The van der Waals surface area contributed by atoms with E-state index < -0.39 is 12.1 Å². The predicted molar refractivity (Wildman–Crippen MR) is 159 cm³/mol. The van der Waals surface area contributed by atoms with E-state index in [1.165, 1.54) is 11.1 Å². The molecule has 0 fully saturated rings. The topological polar surface area (TPSA) is 71.4 Å². The minimum absolute atomic E-state index is 0.0129. The van der Waals surface area contributed by atoms with E-state index in [9.17, 15) is 14.4 Å². The third kappa shape index (κ3) is 8.24. The van der Waals surface area contributed by atoms with Gasteiger partial charge in [0.2, 0.25) is 5.91 Å². The van der Waals surface area contributed by atoms with E-state index in [4.69, 9.17) is 0 Å². The van der Waals surface area contributed by atoms with Crippen LogP contribution in [0.25, 0.3) is 11.1 Å². The number of nitrogens with one attached hydrogen (secondary N) is 1. The van der Waals surface area contributed by atoms with Crippen LogP contribution in [-0.2, 0) is 16.0 Å². The van der Waals surface area contributed by atoms with Crippen LogP contribution in [-0.4, -0.2) is 41.8 Å². The van der Waals surface area contributed by atoms with Crippen molar-refractivity contribution < 1.29 is 9.59 Å². The molecule has 1 aromatic heterocycles. The maximum atomic E-state index is 13.8. The molecule has 1 heterocycles. The van der Waals surface area contributed by atoms with Crippen LogP contribution in [0.15, 0.2) is 65.6 Å². The number of Topliss-reactive ketones (excluding diaryl/α,β-unsaturated/α-hetero) is 1. The molecule has 0 aliphatic rings. The van der Waals surface area contributed by atoms with E-state index >= 15 is 0 Å². The van der Waals surface area contributed by atoms with Gasteiger partial charge in [-0.05, 0) is 93.1 Å². The van der Waals surface area contributed by atoms with Gasteiger partial charge in [0, 0.05) is 25.2 Å². The summed E-state index contributed by atoms with van der Waals surface area (Å²) < 4.78 is 1.57. The van der Waals surface area contributed by atoms with Crippen LogP contribution in [0.4, 0.5) is 0 Å². The summed E-state index contributed by atoms with van der Waals surface area (Å²) in [6.07, 6.45) is 3.29. The quantitative estimate of drug-likeness (QED) is 0.329. The summed E-state index contributed by atoms with van der Waals surface area (Å²) in [5, 5.41) is 3.15. The third-order valence-electron chi connectivity index (χ3n) is 7.05. The summed E-state index contributed by atoms with van der Waals surface area (Å²) in [5.74, 6) is -0.0722. The molecule has 208 valence electrons. The third-order valence-corrected chi connectivity index (χ3v) is 7.05. The number of ketones is 1. The standard InChI is InChI=1S/C33H43N3O3/c1-22(2)18-30(36-21-26(14-15-31(36)38)16-17-35(6)7)33(39)34-29(19-25(5)37)27-12-9-13-28(20-27)32-23(3)10-8-11-24(32)4/h8-15,20-22,29-30H,16-19H2,1-7H3,(H,34,39)/t29-,30?/m0/s1. The van der Waals surface area contributed by atoms with Crippen molar-refractivity contribution in [3.8, 4) is 11.1 Å². The van der Waals surface area contributed by atoms with Crippen molar-refractivity contribution in [3.63, 3.8) is 0 Å². The monoisotopic (exact) mass is 529 g/mol. The van der Waals surface area contributed by atoms with Crippen LogP contribution >= 0.6 is 0 Å². The Morgan fingerprint density at radius 3 is 2.26 bits per heavy atom. The Balaban J connectivity index is 1.97. The van der Waals surface area contributed by atoms with Crippen molar-refractivity contribution in [2.45, 2.75) is 66.0 Å². The van der Waals surface area contributed by atoms with Crippen LogP contribution in [0.5, 0.6) is 0 Å². The molecule has 2 aromatic carbocycles. The minimum Gasteiger partial charge on any atom is -0.347 e. The molecule has 39 heavy (non-hydrogen) atoms. The van der Waals surface area contributed by atoms with Gasteiger partial charge in [-0.15, -0.1) is 0 Å². The average Bonchev–Trinajstić information content (AvgIpc) is 2.86. The summed E-state index contributed by atoms with van der Waals surface area (Å²) in [5.41, 5.74) is 6.22. The van der Waals surface area contributed by atoms with Gasteiger partial charge in [0.15, 0.2) is 0 Å². The van der Waals surface area contributed by atoms with E-state index in [0.717, 1.165) is 35.2 Å². The van der Waals surface area contributed by atoms with Crippen LogP contribution in [0, 0.1) is 19.8 Å². The van der Waals surface area contributed by atoms with E-state index in [2.05, 4.69) is 48.3 Å². The molecule has 6 nitrogen and oxygen atoms in total. The zero-order valence-electron chi connectivity index (χ0n) is 24.5. The van der Waals surface area contributed by atoms with Crippen LogP contribution in [0.3, 0.4) is 0 Å². The summed E-state index contributed by atoms with van der Waals surface area (Å²) in [7, 11) is 4.02. The highest BCUT2D eigenvalue weighted by atomic mass is 16.2. The molecule has 0 saturated carbocycles. The fraction of sp³-hybridized carbons (Fsp3) is 0.424. The van der Waals surface area contributed by atoms with Crippen molar-refractivity contribution >= 4 is 11.7 Å². The summed E-state index contributed by atoms with van der Waals surface area (Å²) in [6.45, 7) is 10.6. The second kappa shape index (κ2) is 13.5. The molecular weight excluding hydrogens is 486 g/mol. The first-order chi connectivity index (χ1) is 18.5. The van der Waals surface area contributed by atoms with Gasteiger partial charge in [0.05, 0.1) is 6.04 Å². The molecule has 0 bridgehead atoms. The summed E-state index contributed by atoms with van der Waals surface area (Å²) in [4.78, 5) is 41.2. The number of carbonyl (C=O) groups is 2. The fourth-order valence-electron chi connectivity index (χ4n) is 5.08. The largest absolute Gasteiger partial charge is 0.347 e. The maximum absolute atomic E-state index is 13.8. The van der Waals surface area contributed by atoms with E-state index in [0.29, 0.717) is 6.42 Å². The Hall–Kier alpha value is -3.51. The summed E-state index contributed by atoms with van der Waals surface area (Å²) >= 11 is 0. The fourth-order valence-corrected chi connectivity index (χ4v) is 5.08. The number of aryl methyl sites for hydroxylation is 2. The smallest absolute Gasteiger partial charge is 0.251 e. The van der Waals surface area contributed by atoms with Gasteiger partial charge in [-0.25, -0.2) is 0 Å². The van der Waals surface area contributed by atoms with Crippen LogP contribution < -0.4 is 10.9 Å². The molecule has 0 spiro atoms. The van der Waals surface area contributed by atoms with Crippen molar-refractivity contribution in [2.75, 3.05) is 20.6 Å². The van der Waals surface area contributed by atoms with Gasteiger partial charge in [0.1, 0.15) is 11.8 Å². The van der Waals surface area contributed by atoms with Crippen LogP contribution in [0.2, 0.25) is 0 Å². The highest BCUT2D eigenvalue weighted by Gasteiger charge is 2.27. The molecule has 1 amide bonds. The molecule has 0 aliphatic carbocycles. The number of aromatic nitrogens is 1. The molecule has 0 saturated heterocycles. The lowest BCUT2D eigenvalue weighted by Gasteiger charge is -2.26. The Bertz CT molecular complexity index is 1340. The number of rotatable bonds is 12. The predicted octanol–water partition coefficient (Wildman–Crippen LogP) is 5.66. The lowest BCUT2D eigenvalue weighted by molar-refractivity contribution is -0.126. The van der Waals surface area contributed by atoms with E-state index in [1.54, 1.807) is 17.6 Å². The number of pyridine rings is 1. The minimum atomic E-state index is -0.673. The van der Waals surface area contributed by atoms with Gasteiger partial charge in [-0.2, -0.15) is 0 Å². The van der Waals surface area contributed by atoms with Gasteiger partial charge in [-0.1, -0.05) is 56.3 Å². The molecule has 1 unspecified atom stereocenters. The van der Waals surface area contributed by atoms with Gasteiger partial charge < -0.3 is 14.8 Å². The first-order valence-electron chi connectivity index (χ1n) is 13.8. The highest BCUT2D eigenvalue weighted by Crippen LogP contribution is 2.30. The number of carbonyl (C=O) groups excluding carboxylic acids is 2. The van der Waals surface area contributed by atoms with Crippen molar-refractivity contribution in [1.29, 1.82) is 0 Å². The van der Waals surface area contributed by atoms with Crippen molar-refractivity contribution in [2.24, 2.45) is 5.92 Å². The number of benzene rings is 2. The maximum Gasteiger partial charge on any atom is 0.251 e. The second-order valence-electron chi connectivity index (χ2n) is 11.3. The number of amides is 1. The van der Waals surface area contributed by atoms with Crippen molar-refractivity contribution in [3.05, 3.63) is 93.4 Å². The summed E-state index contributed by atoms with van der Waals surface area (Å²) in [6, 6.07) is 16.5. The lowest BCUT2D eigenvalue weighted by Crippen LogP contribution is -2.40. The van der Waals surface area contributed by atoms with E-state index in [-0.39, 0.29) is 29.6 Å². The first kappa shape index (κ1) is 30.0. The van der Waals surface area contributed by atoms with Gasteiger partial charge in [0.25, 0.3) is 5.56 Å². The molecule has 0 aliphatic heterocycles. The van der Waals surface area contributed by atoms with E-state index in [1.807, 2.05) is 58.4 Å². The Morgan fingerprint density at radius 1 is 0.974 bits per heavy atom. The Kier molecular flexibility index (Phi) is 10.4. The molecule has 2 atom stereocenters. The normalized spacial score (nSPS) is 12.9. The number of nitrogens with zero attached hydrogens (tertiary/aromatic N) is 2. The molecular formula is C33H43N3O3. The van der Waals surface area contributed by atoms with Gasteiger partial charge >= 0.3 is 0 Å².